The summed E-state index contributed by atoms with van der Waals surface area (Å²) >= 11 is 1.38. The number of fused-ring (bicyclic) bond motifs is 1. The van der Waals surface area contributed by atoms with Crippen molar-refractivity contribution >= 4 is 22.2 Å². The largest absolute Gasteiger partial charge is 0.282 e. The van der Waals surface area contributed by atoms with E-state index in [4.69, 9.17) is 4.84 Å². The van der Waals surface area contributed by atoms with Gasteiger partial charge in [0.05, 0.1) is 6.61 Å². The van der Waals surface area contributed by atoms with Gasteiger partial charge in [0.2, 0.25) is 0 Å². The van der Waals surface area contributed by atoms with E-state index >= 15 is 0 Å². The molecule has 0 atom stereocenters. The van der Waals surface area contributed by atoms with Gasteiger partial charge in [-0.15, -0.1) is 17.9 Å². The molecule has 0 unspecified atom stereocenters. The van der Waals surface area contributed by atoms with Crippen LogP contribution < -0.4 is 11.0 Å². The molecule has 0 saturated carbocycles. The third kappa shape index (κ3) is 2.31. The Labute approximate surface area is 106 Å². The first-order valence-electron chi connectivity index (χ1n) is 5.14. The molecule has 0 aliphatic heterocycles. The number of thiazole rings is 1. The van der Waals surface area contributed by atoms with Gasteiger partial charge in [-0.25, -0.2) is 10.5 Å². The Morgan fingerprint density at radius 3 is 3.22 bits per heavy atom. The third-order valence-electron chi connectivity index (χ3n) is 2.13. The number of aromatic nitrogens is 2. The van der Waals surface area contributed by atoms with Gasteiger partial charge >= 0.3 is 0 Å². The minimum Gasteiger partial charge on any atom is -0.269 e. The maximum absolute atomic E-state index is 12.0. The van der Waals surface area contributed by atoms with Crippen LogP contribution in [0.25, 0.3) is 4.96 Å². The number of rotatable bonds is 4. The lowest BCUT2D eigenvalue weighted by Gasteiger charge is -2.02. The minimum atomic E-state index is -0.618. The zero-order chi connectivity index (χ0) is 13.1. The first kappa shape index (κ1) is 12.5. The molecule has 18 heavy (non-hydrogen) atoms. The SMILES string of the molecule is C=CCONC(=O)c1cnc2sc(C)cn2c1=O. The van der Waals surface area contributed by atoms with Crippen LogP contribution in [0.5, 0.6) is 0 Å². The molecule has 2 heterocycles. The molecule has 0 aliphatic rings. The summed E-state index contributed by atoms with van der Waals surface area (Å²) in [7, 11) is 0. The highest BCUT2D eigenvalue weighted by Crippen LogP contribution is 2.12. The third-order valence-corrected chi connectivity index (χ3v) is 3.05. The molecule has 2 aromatic heterocycles. The molecule has 94 valence electrons. The Hall–Kier alpha value is -1.99. The normalized spacial score (nSPS) is 10.5. The fourth-order valence-electron chi connectivity index (χ4n) is 1.37. The number of hydrogen-bond acceptors (Lipinski definition) is 5. The van der Waals surface area contributed by atoms with Crippen LogP contribution in [0, 0.1) is 6.92 Å². The zero-order valence-electron chi connectivity index (χ0n) is 9.67. The minimum absolute atomic E-state index is 0.0608. The van der Waals surface area contributed by atoms with Crippen molar-refractivity contribution in [2.75, 3.05) is 6.61 Å². The summed E-state index contributed by atoms with van der Waals surface area (Å²) in [5.41, 5.74) is 1.68. The summed E-state index contributed by atoms with van der Waals surface area (Å²) in [6.07, 6.45) is 4.38. The van der Waals surface area contributed by atoms with Crippen LogP contribution in [0.3, 0.4) is 0 Å². The Morgan fingerprint density at radius 1 is 1.72 bits per heavy atom. The highest BCUT2D eigenvalue weighted by atomic mass is 32.1. The predicted molar refractivity (Wildman–Crippen MR) is 67.7 cm³/mol. The van der Waals surface area contributed by atoms with E-state index in [1.165, 1.54) is 28.0 Å². The summed E-state index contributed by atoms with van der Waals surface area (Å²) in [4.78, 5) is 34.0. The molecule has 7 heteroatoms. The van der Waals surface area contributed by atoms with Crippen molar-refractivity contribution in [3.8, 4) is 0 Å². The summed E-state index contributed by atoms with van der Waals surface area (Å²) in [6.45, 7) is 5.47. The molecule has 0 fully saturated rings. The number of carbonyl (C=O) groups excluding carboxylic acids is 1. The Bertz CT molecular complexity index is 659. The first-order chi connectivity index (χ1) is 8.63. The number of aryl methyl sites for hydroxylation is 1. The van der Waals surface area contributed by atoms with Gasteiger partial charge in [-0.2, -0.15) is 0 Å². The van der Waals surface area contributed by atoms with Gasteiger partial charge in [0.15, 0.2) is 4.96 Å². The van der Waals surface area contributed by atoms with Crippen LogP contribution in [0.4, 0.5) is 0 Å². The summed E-state index contributed by atoms with van der Waals surface area (Å²) in [6, 6.07) is 0. The smallest absolute Gasteiger partial charge is 0.269 e. The maximum Gasteiger partial charge on any atom is 0.282 e. The average molecular weight is 265 g/mol. The van der Waals surface area contributed by atoms with Gasteiger partial charge in [-0.3, -0.25) is 18.8 Å². The molecule has 0 bridgehead atoms. The summed E-state index contributed by atoms with van der Waals surface area (Å²) in [5.74, 6) is -0.618. The number of nitrogens with zero attached hydrogens (tertiary/aromatic N) is 2. The van der Waals surface area contributed by atoms with Crippen molar-refractivity contribution < 1.29 is 9.63 Å². The Morgan fingerprint density at radius 2 is 2.50 bits per heavy atom. The fraction of sp³-hybridized carbons (Fsp3) is 0.182. The van der Waals surface area contributed by atoms with Crippen LogP contribution in [0.2, 0.25) is 0 Å². The number of nitrogens with one attached hydrogen (secondary N) is 1. The molecule has 0 spiro atoms. The number of carbonyl (C=O) groups is 1. The molecule has 2 rings (SSSR count). The molecule has 1 amide bonds. The van der Waals surface area contributed by atoms with E-state index in [0.29, 0.717) is 4.96 Å². The van der Waals surface area contributed by atoms with E-state index < -0.39 is 11.5 Å². The predicted octanol–water partition coefficient (Wildman–Crippen LogP) is 0.912. The Kier molecular flexibility index (Phi) is 3.54. The average Bonchev–Trinajstić information content (AvgIpc) is 2.71. The van der Waals surface area contributed by atoms with E-state index in [2.05, 4.69) is 17.0 Å². The van der Waals surface area contributed by atoms with Crippen LogP contribution in [-0.4, -0.2) is 21.9 Å². The molecular weight excluding hydrogens is 254 g/mol. The standard InChI is InChI=1S/C11H11N3O3S/c1-3-4-17-13-9(15)8-5-12-11-14(10(8)16)6-7(2)18-11/h3,5-6H,1,4H2,2H3,(H,13,15). The molecule has 1 N–H and O–H groups in total. The molecule has 6 nitrogen and oxygen atoms in total. The molecule has 0 radical (unpaired) electrons. The van der Waals surface area contributed by atoms with E-state index in [1.54, 1.807) is 6.20 Å². The molecule has 0 aliphatic carbocycles. The molecule has 0 aromatic carbocycles. The second-order valence-electron chi connectivity index (χ2n) is 3.50. The first-order valence-corrected chi connectivity index (χ1v) is 5.96. The lowest BCUT2D eigenvalue weighted by atomic mass is 10.3. The van der Waals surface area contributed by atoms with Crippen molar-refractivity contribution in [2.24, 2.45) is 0 Å². The van der Waals surface area contributed by atoms with Crippen molar-refractivity contribution in [1.29, 1.82) is 0 Å². The molecule has 0 saturated heterocycles. The van der Waals surface area contributed by atoms with Gasteiger partial charge in [-0.05, 0) is 6.92 Å². The zero-order valence-corrected chi connectivity index (χ0v) is 10.5. The molecular formula is C11H11N3O3S. The van der Waals surface area contributed by atoms with E-state index in [1.807, 2.05) is 6.92 Å². The highest BCUT2D eigenvalue weighted by Gasteiger charge is 2.14. The monoisotopic (exact) mass is 265 g/mol. The fourth-order valence-corrected chi connectivity index (χ4v) is 2.16. The van der Waals surface area contributed by atoms with E-state index in [0.717, 1.165) is 4.88 Å². The van der Waals surface area contributed by atoms with Crippen LogP contribution >= 0.6 is 11.3 Å². The lowest BCUT2D eigenvalue weighted by Crippen LogP contribution is -2.31. The lowest BCUT2D eigenvalue weighted by molar-refractivity contribution is 0.0419. The Balaban J connectivity index is 2.33. The summed E-state index contributed by atoms with van der Waals surface area (Å²) in [5, 5.41) is 0. The second-order valence-corrected chi connectivity index (χ2v) is 4.72. The highest BCUT2D eigenvalue weighted by molar-refractivity contribution is 7.16. The molecule has 2 aromatic rings. The van der Waals surface area contributed by atoms with E-state index in [-0.39, 0.29) is 12.2 Å². The quantitative estimate of drug-likeness (QED) is 0.506. The van der Waals surface area contributed by atoms with Crippen molar-refractivity contribution in [3.05, 3.63) is 45.8 Å². The summed E-state index contributed by atoms with van der Waals surface area (Å²) < 4.78 is 1.35. The van der Waals surface area contributed by atoms with Crippen molar-refractivity contribution in [1.82, 2.24) is 14.9 Å². The van der Waals surface area contributed by atoms with Crippen LogP contribution in [-0.2, 0) is 4.84 Å². The van der Waals surface area contributed by atoms with Crippen molar-refractivity contribution in [2.45, 2.75) is 6.92 Å². The van der Waals surface area contributed by atoms with Gasteiger partial charge in [0.1, 0.15) is 5.56 Å². The van der Waals surface area contributed by atoms with E-state index in [9.17, 15) is 9.59 Å². The second kappa shape index (κ2) is 5.11. The van der Waals surface area contributed by atoms with Gasteiger partial charge in [-0.1, -0.05) is 6.08 Å². The number of amides is 1. The maximum atomic E-state index is 12.0. The topological polar surface area (TPSA) is 72.7 Å². The van der Waals surface area contributed by atoms with Gasteiger partial charge in [0.25, 0.3) is 11.5 Å². The number of hydrogen-bond donors (Lipinski definition) is 1. The number of hydroxylamine groups is 1. The van der Waals surface area contributed by atoms with Gasteiger partial charge < -0.3 is 0 Å². The van der Waals surface area contributed by atoms with Crippen LogP contribution in [0.15, 0.2) is 29.8 Å². The van der Waals surface area contributed by atoms with Crippen LogP contribution in [0.1, 0.15) is 15.2 Å². The van der Waals surface area contributed by atoms with Gasteiger partial charge in [0, 0.05) is 17.3 Å². The van der Waals surface area contributed by atoms with Crippen molar-refractivity contribution in [3.63, 3.8) is 0 Å².